The maximum atomic E-state index is 11.2. The van der Waals surface area contributed by atoms with E-state index in [1.807, 2.05) is 0 Å². The lowest BCUT2D eigenvalue weighted by atomic mass is 9.91. The summed E-state index contributed by atoms with van der Waals surface area (Å²) in [4.78, 5) is 11.2. The lowest BCUT2D eigenvalue weighted by molar-refractivity contribution is -0.138. The molecule has 0 aliphatic rings. The summed E-state index contributed by atoms with van der Waals surface area (Å²) in [5, 5.41) is 19.6. The number of rotatable bonds is 4. The summed E-state index contributed by atoms with van der Waals surface area (Å²) < 4.78 is 5.06. The largest absolute Gasteiger partial charge is 0.504 e. The summed E-state index contributed by atoms with van der Waals surface area (Å²) in [5.41, 5.74) is 6.73. The summed E-state index contributed by atoms with van der Waals surface area (Å²) >= 11 is 6.12. The SMILES string of the molecule is COc1c(C)c(Cl)c(C)c(C(CN)C(=O)O)c1O. The number of hydrogen-bond donors (Lipinski definition) is 3. The standard InChI is InChI=1S/C12H16ClNO4/c1-5-8(7(4-14)12(16)17)10(15)11(18-3)6(2)9(5)13/h7,15H,4,14H2,1-3H3,(H,16,17). The van der Waals surface area contributed by atoms with Gasteiger partial charge in [0, 0.05) is 17.7 Å². The highest BCUT2D eigenvalue weighted by Crippen LogP contribution is 2.44. The molecule has 4 N–H and O–H groups in total. The molecule has 1 aromatic rings. The number of aromatic hydroxyl groups is 1. The molecule has 1 unspecified atom stereocenters. The molecule has 1 aromatic carbocycles. The first-order chi connectivity index (χ1) is 8.36. The molecular weight excluding hydrogens is 258 g/mol. The van der Waals surface area contributed by atoms with Crippen LogP contribution in [0.2, 0.25) is 5.02 Å². The first-order valence-electron chi connectivity index (χ1n) is 5.35. The molecule has 0 saturated heterocycles. The van der Waals surface area contributed by atoms with Gasteiger partial charge in [0.25, 0.3) is 0 Å². The Bertz CT molecular complexity index is 488. The molecule has 0 aliphatic heterocycles. The second-order valence-electron chi connectivity index (χ2n) is 3.99. The van der Waals surface area contributed by atoms with E-state index in [0.29, 0.717) is 16.1 Å². The highest BCUT2D eigenvalue weighted by Gasteiger charge is 2.28. The summed E-state index contributed by atoms with van der Waals surface area (Å²) in [5.74, 6) is -2.16. The molecule has 1 atom stereocenters. The minimum atomic E-state index is -1.11. The number of phenolic OH excluding ortho intramolecular Hbond substituents is 1. The summed E-state index contributed by atoms with van der Waals surface area (Å²) in [6, 6.07) is 0. The number of phenols is 1. The summed E-state index contributed by atoms with van der Waals surface area (Å²) in [6.07, 6.45) is 0. The van der Waals surface area contributed by atoms with Gasteiger partial charge in [-0.1, -0.05) is 11.6 Å². The van der Waals surface area contributed by atoms with Crippen LogP contribution in [0.5, 0.6) is 11.5 Å². The second kappa shape index (κ2) is 5.46. The Morgan fingerprint density at radius 3 is 2.39 bits per heavy atom. The lowest BCUT2D eigenvalue weighted by Crippen LogP contribution is -2.22. The van der Waals surface area contributed by atoms with Crippen molar-refractivity contribution in [3.8, 4) is 11.5 Å². The smallest absolute Gasteiger partial charge is 0.312 e. The molecular formula is C12H16ClNO4. The number of halogens is 1. The molecule has 0 aliphatic carbocycles. The molecule has 1 rings (SSSR count). The summed E-state index contributed by atoms with van der Waals surface area (Å²) in [6.45, 7) is 3.21. The maximum absolute atomic E-state index is 11.2. The first-order valence-corrected chi connectivity index (χ1v) is 5.72. The van der Waals surface area contributed by atoms with Gasteiger partial charge in [0.05, 0.1) is 18.1 Å². The van der Waals surface area contributed by atoms with Crippen LogP contribution in [-0.4, -0.2) is 29.8 Å². The highest BCUT2D eigenvalue weighted by molar-refractivity contribution is 6.32. The fraction of sp³-hybridized carbons (Fsp3) is 0.417. The van der Waals surface area contributed by atoms with Gasteiger partial charge in [-0.25, -0.2) is 0 Å². The molecule has 0 bridgehead atoms. The van der Waals surface area contributed by atoms with Crippen LogP contribution < -0.4 is 10.5 Å². The Kier molecular flexibility index (Phi) is 4.43. The number of ether oxygens (including phenoxy) is 1. The van der Waals surface area contributed by atoms with Gasteiger partial charge >= 0.3 is 5.97 Å². The normalized spacial score (nSPS) is 12.3. The molecule has 0 aromatic heterocycles. The quantitative estimate of drug-likeness (QED) is 0.778. The van der Waals surface area contributed by atoms with Crippen molar-refractivity contribution >= 4 is 17.6 Å². The fourth-order valence-electron chi connectivity index (χ4n) is 1.99. The molecule has 5 nitrogen and oxygen atoms in total. The van der Waals surface area contributed by atoms with Crippen LogP contribution in [0.4, 0.5) is 0 Å². The third-order valence-corrected chi connectivity index (χ3v) is 3.53. The predicted octanol–water partition coefficient (Wildman–Crippen LogP) is 1.80. The van der Waals surface area contributed by atoms with E-state index in [-0.39, 0.29) is 23.6 Å². The number of hydrogen-bond acceptors (Lipinski definition) is 4. The van der Waals surface area contributed by atoms with Crippen LogP contribution in [0.1, 0.15) is 22.6 Å². The van der Waals surface area contributed by atoms with E-state index in [1.165, 1.54) is 7.11 Å². The monoisotopic (exact) mass is 273 g/mol. The van der Waals surface area contributed by atoms with Crippen LogP contribution in [0.25, 0.3) is 0 Å². The number of nitrogens with two attached hydrogens (primary N) is 1. The molecule has 100 valence electrons. The third kappa shape index (κ3) is 2.23. The molecule has 0 heterocycles. The Balaban J connectivity index is 3.62. The predicted molar refractivity (Wildman–Crippen MR) is 68.6 cm³/mol. The van der Waals surface area contributed by atoms with E-state index >= 15 is 0 Å². The van der Waals surface area contributed by atoms with Gasteiger partial charge in [0.1, 0.15) is 0 Å². The average Bonchev–Trinajstić information content (AvgIpc) is 2.32. The number of methoxy groups -OCH3 is 1. The topological polar surface area (TPSA) is 92.8 Å². The number of carboxylic acid groups (broad SMARTS) is 1. The third-order valence-electron chi connectivity index (χ3n) is 2.96. The minimum Gasteiger partial charge on any atom is -0.504 e. The van der Waals surface area contributed by atoms with Crippen LogP contribution in [0, 0.1) is 13.8 Å². The van der Waals surface area contributed by atoms with Crippen molar-refractivity contribution < 1.29 is 19.7 Å². The zero-order valence-corrected chi connectivity index (χ0v) is 11.2. The van der Waals surface area contributed by atoms with E-state index in [2.05, 4.69) is 0 Å². The van der Waals surface area contributed by atoms with E-state index in [4.69, 9.17) is 27.2 Å². The van der Waals surface area contributed by atoms with Crippen molar-refractivity contribution in [2.75, 3.05) is 13.7 Å². The van der Waals surface area contributed by atoms with E-state index in [9.17, 15) is 9.90 Å². The van der Waals surface area contributed by atoms with E-state index in [0.717, 1.165) is 0 Å². The number of carbonyl (C=O) groups is 1. The van der Waals surface area contributed by atoms with Crippen molar-refractivity contribution in [1.82, 2.24) is 0 Å². The Morgan fingerprint density at radius 2 is 2.00 bits per heavy atom. The van der Waals surface area contributed by atoms with Crippen molar-refractivity contribution in [2.24, 2.45) is 5.73 Å². The van der Waals surface area contributed by atoms with Gasteiger partial charge in [0.2, 0.25) is 0 Å². The highest BCUT2D eigenvalue weighted by atomic mass is 35.5. The molecule has 6 heteroatoms. The van der Waals surface area contributed by atoms with Gasteiger partial charge in [0.15, 0.2) is 11.5 Å². The molecule has 0 spiro atoms. The van der Waals surface area contributed by atoms with E-state index < -0.39 is 11.9 Å². The van der Waals surface area contributed by atoms with Gasteiger partial charge in [-0.3, -0.25) is 4.79 Å². The van der Waals surface area contributed by atoms with Crippen LogP contribution in [-0.2, 0) is 4.79 Å². The molecule has 0 fully saturated rings. The van der Waals surface area contributed by atoms with Gasteiger partial charge < -0.3 is 20.7 Å². The maximum Gasteiger partial charge on any atom is 0.312 e. The number of benzene rings is 1. The van der Waals surface area contributed by atoms with Crippen LogP contribution in [0.3, 0.4) is 0 Å². The number of aliphatic carboxylic acids is 1. The fourth-order valence-corrected chi connectivity index (χ4v) is 2.18. The van der Waals surface area contributed by atoms with Gasteiger partial charge in [-0.15, -0.1) is 0 Å². The number of carboxylic acids is 1. The first kappa shape index (κ1) is 14.6. The zero-order valence-electron chi connectivity index (χ0n) is 10.5. The van der Waals surface area contributed by atoms with Crippen LogP contribution >= 0.6 is 11.6 Å². The van der Waals surface area contributed by atoms with Crippen molar-refractivity contribution in [1.29, 1.82) is 0 Å². The molecule has 0 saturated carbocycles. The minimum absolute atomic E-state index is 0.133. The summed E-state index contributed by atoms with van der Waals surface area (Å²) in [7, 11) is 1.38. The van der Waals surface area contributed by atoms with Crippen molar-refractivity contribution in [3.63, 3.8) is 0 Å². The van der Waals surface area contributed by atoms with Crippen LogP contribution in [0.15, 0.2) is 0 Å². The molecule has 0 radical (unpaired) electrons. The van der Waals surface area contributed by atoms with E-state index in [1.54, 1.807) is 13.8 Å². The second-order valence-corrected chi connectivity index (χ2v) is 4.36. The van der Waals surface area contributed by atoms with Crippen molar-refractivity contribution in [3.05, 3.63) is 21.7 Å². The van der Waals surface area contributed by atoms with Crippen molar-refractivity contribution in [2.45, 2.75) is 19.8 Å². The lowest BCUT2D eigenvalue weighted by Gasteiger charge is -2.20. The average molecular weight is 274 g/mol. The zero-order chi connectivity index (χ0) is 14.0. The van der Waals surface area contributed by atoms with Gasteiger partial charge in [-0.2, -0.15) is 0 Å². The van der Waals surface area contributed by atoms with Gasteiger partial charge in [-0.05, 0) is 19.4 Å². The molecule has 18 heavy (non-hydrogen) atoms. The Labute approximate surface area is 110 Å². The molecule has 0 amide bonds. The Hall–Kier alpha value is -1.46. The Morgan fingerprint density at radius 1 is 1.44 bits per heavy atom.